The molecule has 8 heteroatoms. The quantitative estimate of drug-likeness (QED) is 0.865. The van der Waals surface area contributed by atoms with Gasteiger partial charge < -0.3 is 19.3 Å². The molecule has 0 aliphatic carbocycles. The van der Waals surface area contributed by atoms with Crippen LogP contribution in [-0.2, 0) is 28.1 Å². The van der Waals surface area contributed by atoms with Crippen molar-refractivity contribution in [3.05, 3.63) is 41.5 Å². The van der Waals surface area contributed by atoms with E-state index < -0.39 is 18.1 Å². The predicted molar refractivity (Wildman–Crippen MR) is 102 cm³/mol. The number of carbonyl (C=O) groups is 2. The highest BCUT2D eigenvalue weighted by molar-refractivity contribution is 5.86. The first-order chi connectivity index (χ1) is 13.1. The van der Waals surface area contributed by atoms with E-state index >= 15 is 0 Å². The molecule has 0 saturated carbocycles. The maximum atomic E-state index is 12.9. The first kappa shape index (κ1) is 19.9. The van der Waals surface area contributed by atoms with Crippen molar-refractivity contribution in [2.75, 3.05) is 0 Å². The van der Waals surface area contributed by atoms with Crippen LogP contribution in [-0.4, -0.2) is 48.8 Å². The second-order valence-corrected chi connectivity index (χ2v) is 8.13. The van der Waals surface area contributed by atoms with E-state index in [0.29, 0.717) is 17.4 Å². The highest BCUT2D eigenvalue weighted by Crippen LogP contribution is 2.25. The number of hydrogen-bond donors (Lipinski definition) is 1. The number of carbonyl (C=O) groups excluding carboxylic acids is 1. The molecule has 3 rings (SSSR count). The Morgan fingerprint density at radius 2 is 1.86 bits per heavy atom. The maximum Gasteiger partial charge on any atom is 0.328 e. The van der Waals surface area contributed by atoms with E-state index in [4.69, 9.17) is 4.74 Å². The van der Waals surface area contributed by atoms with Crippen molar-refractivity contribution < 1.29 is 19.4 Å². The number of fused-ring (bicyclic) bond motifs is 1. The zero-order valence-electron chi connectivity index (χ0n) is 16.8. The Morgan fingerprint density at radius 1 is 1.21 bits per heavy atom. The highest BCUT2D eigenvalue weighted by Gasteiger charge is 2.38. The molecule has 0 fully saturated rings. The summed E-state index contributed by atoms with van der Waals surface area (Å²) in [6.45, 7) is 9.98. The molecule has 1 aromatic carbocycles. The Labute approximate surface area is 164 Å². The number of hydrogen-bond acceptors (Lipinski definition) is 5. The fourth-order valence-corrected chi connectivity index (χ4v) is 3.28. The first-order valence-corrected chi connectivity index (χ1v) is 9.27. The van der Waals surface area contributed by atoms with Gasteiger partial charge in [-0.15, -0.1) is 10.2 Å². The molecule has 28 heavy (non-hydrogen) atoms. The molecule has 0 spiro atoms. The van der Waals surface area contributed by atoms with Crippen LogP contribution in [0.2, 0.25) is 0 Å². The van der Waals surface area contributed by atoms with Crippen LogP contribution >= 0.6 is 0 Å². The van der Waals surface area contributed by atoms with Crippen molar-refractivity contribution in [3.63, 3.8) is 0 Å². The SMILES string of the molecule is Cc1nnc2n1CC(C(=O)O)N(C(=O)C(C)Oc1ccc(C(C)(C)C)cc1)C2. The molecule has 1 N–H and O–H groups in total. The number of amides is 1. The van der Waals surface area contributed by atoms with E-state index in [1.165, 1.54) is 4.90 Å². The van der Waals surface area contributed by atoms with Gasteiger partial charge in [-0.05, 0) is 37.0 Å². The summed E-state index contributed by atoms with van der Waals surface area (Å²) in [5.41, 5.74) is 1.19. The molecular weight excluding hydrogens is 360 g/mol. The van der Waals surface area contributed by atoms with Gasteiger partial charge >= 0.3 is 5.97 Å². The maximum absolute atomic E-state index is 12.9. The van der Waals surface area contributed by atoms with Gasteiger partial charge in [-0.2, -0.15) is 0 Å². The van der Waals surface area contributed by atoms with Gasteiger partial charge in [-0.3, -0.25) is 4.79 Å². The zero-order chi connectivity index (χ0) is 20.6. The standard InChI is InChI=1S/C20H26N4O4/c1-12(28-15-8-6-14(7-9-15)20(3,4)5)18(25)24-11-17-22-21-13(2)23(17)10-16(24)19(26)27/h6-9,12,16H,10-11H2,1-5H3,(H,26,27). The van der Waals surface area contributed by atoms with Crippen molar-refractivity contribution >= 4 is 11.9 Å². The molecule has 1 aliphatic rings. The molecule has 2 aromatic rings. The van der Waals surface area contributed by atoms with Crippen LogP contribution in [0.5, 0.6) is 5.75 Å². The fourth-order valence-electron chi connectivity index (χ4n) is 3.28. The molecule has 1 amide bonds. The Bertz CT molecular complexity index is 883. The van der Waals surface area contributed by atoms with E-state index in [2.05, 4.69) is 31.0 Å². The van der Waals surface area contributed by atoms with Gasteiger partial charge in [0.1, 0.15) is 17.6 Å². The lowest BCUT2D eigenvalue weighted by Gasteiger charge is -2.35. The third kappa shape index (κ3) is 3.85. The van der Waals surface area contributed by atoms with E-state index in [1.807, 2.05) is 24.3 Å². The summed E-state index contributed by atoms with van der Waals surface area (Å²) in [7, 11) is 0. The Balaban J connectivity index is 1.75. The van der Waals surface area contributed by atoms with E-state index in [-0.39, 0.29) is 24.4 Å². The number of benzene rings is 1. The molecule has 1 aromatic heterocycles. The molecule has 2 unspecified atom stereocenters. The van der Waals surface area contributed by atoms with Crippen molar-refractivity contribution in [2.45, 2.75) is 65.3 Å². The van der Waals surface area contributed by atoms with Gasteiger partial charge in [0, 0.05) is 0 Å². The highest BCUT2D eigenvalue weighted by atomic mass is 16.5. The van der Waals surface area contributed by atoms with E-state index in [1.54, 1.807) is 18.4 Å². The molecular formula is C20H26N4O4. The minimum atomic E-state index is -1.06. The summed E-state index contributed by atoms with van der Waals surface area (Å²) in [6, 6.07) is 6.62. The van der Waals surface area contributed by atoms with Crippen LogP contribution in [0, 0.1) is 6.92 Å². The predicted octanol–water partition coefficient (Wildman–Crippen LogP) is 2.15. The van der Waals surface area contributed by atoms with Crippen molar-refractivity contribution in [1.82, 2.24) is 19.7 Å². The number of aryl methyl sites for hydroxylation is 1. The topological polar surface area (TPSA) is 97.5 Å². The molecule has 150 valence electrons. The van der Waals surface area contributed by atoms with Gasteiger partial charge in [0.25, 0.3) is 5.91 Å². The number of carboxylic acids is 1. The van der Waals surface area contributed by atoms with Crippen molar-refractivity contribution in [1.29, 1.82) is 0 Å². The second-order valence-electron chi connectivity index (χ2n) is 8.13. The molecule has 1 aliphatic heterocycles. The molecule has 2 atom stereocenters. The van der Waals surface area contributed by atoms with E-state index in [0.717, 1.165) is 5.56 Å². The van der Waals surface area contributed by atoms with Crippen LogP contribution in [0.4, 0.5) is 0 Å². The summed E-state index contributed by atoms with van der Waals surface area (Å²) in [4.78, 5) is 26.0. The van der Waals surface area contributed by atoms with Crippen LogP contribution in [0.1, 0.15) is 44.9 Å². The number of aliphatic carboxylic acids is 1. The number of carboxylic acid groups (broad SMARTS) is 1. The average Bonchev–Trinajstić information content (AvgIpc) is 3.00. The molecule has 8 nitrogen and oxygen atoms in total. The summed E-state index contributed by atoms with van der Waals surface area (Å²) in [6.07, 6.45) is -0.821. The van der Waals surface area contributed by atoms with Crippen LogP contribution < -0.4 is 4.74 Å². The molecule has 0 saturated heterocycles. The first-order valence-electron chi connectivity index (χ1n) is 9.27. The zero-order valence-corrected chi connectivity index (χ0v) is 16.8. The lowest BCUT2D eigenvalue weighted by atomic mass is 9.87. The largest absolute Gasteiger partial charge is 0.481 e. The Morgan fingerprint density at radius 3 is 2.43 bits per heavy atom. The smallest absolute Gasteiger partial charge is 0.328 e. The minimum Gasteiger partial charge on any atom is -0.481 e. The summed E-state index contributed by atoms with van der Waals surface area (Å²) in [5.74, 6) is 0.325. The number of ether oxygens (including phenoxy) is 1. The van der Waals surface area contributed by atoms with Crippen molar-refractivity contribution in [2.24, 2.45) is 0 Å². The normalized spacial score (nSPS) is 17.8. The van der Waals surface area contributed by atoms with Gasteiger partial charge in [0.15, 0.2) is 11.9 Å². The van der Waals surface area contributed by atoms with E-state index in [9.17, 15) is 14.7 Å². The summed E-state index contributed by atoms with van der Waals surface area (Å²) in [5, 5.41) is 17.6. The van der Waals surface area contributed by atoms with Crippen LogP contribution in [0.15, 0.2) is 24.3 Å². The van der Waals surface area contributed by atoms with Crippen molar-refractivity contribution in [3.8, 4) is 5.75 Å². The Hall–Kier alpha value is -2.90. The van der Waals surface area contributed by atoms with Gasteiger partial charge in [0.05, 0.1) is 13.1 Å². The summed E-state index contributed by atoms with van der Waals surface area (Å²) < 4.78 is 7.53. The third-order valence-corrected chi connectivity index (χ3v) is 5.00. The minimum absolute atomic E-state index is 0.0244. The van der Waals surface area contributed by atoms with Gasteiger partial charge in [-0.25, -0.2) is 4.79 Å². The molecule has 2 heterocycles. The van der Waals surface area contributed by atoms with Crippen LogP contribution in [0.25, 0.3) is 0 Å². The number of aromatic nitrogens is 3. The monoisotopic (exact) mass is 386 g/mol. The number of rotatable bonds is 4. The lowest BCUT2D eigenvalue weighted by Crippen LogP contribution is -2.54. The molecule has 0 bridgehead atoms. The summed E-state index contributed by atoms with van der Waals surface area (Å²) >= 11 is 0. The Kier molecular flexibility index (Phi) is 5.14. The third-order valence-electron chi connectivity index (χ3n) is 5.00. The van der Waals surface area contributed by atoms with Gasteiger partial charge in [-0.1, -0.05) is 32.9 Å². The van der Waals surface area contributed by atoms with Gasteiger partial charge in [0.2, 0.25) is 0 Å². The second kappa shape index (κ2) is 7.26. The fraction of sp³-hybridized carbons (Fsp3) is 0.500. The average molecular weight is 386 g/mol. The molecule has 0 radical (unpaired) electrons. The van der Waals surface area contributed by atoms with Crippen LogP contribution in [0.3, 0.4) is 0 Å². The lowest BCUT2D eigenvalue weighted by molar-refractivity contribution is -0.155. The number of nitrogens with zero attached hydrogens (tertiary/aromatic N) is 4.